The molecule has 1 aliphatic heterocycles. The van der Waals surface area contributed by atoms with E-state index in [1.807, 2.05) is 0 Å². The van der Waals surface area contributed by atoms with Crippen LogP contribution in [0.5, 0.6) is 0 Å². The highest BCUT2D eigenvalue weighted by molar-refractivity contribution is 4.90. The van der Waals surface area contributed by atoms with Gasteiger partial charge in [-0.15, -0.1) is 0 Å². The van der Waals surface area contributed by atoms with E-state index < -0.39 is 0 Å². The molecule has 0 aromatic carbocycles. The first-order valence-electron chi connectivity index (χ1n) is 7.50. The average Bonchev–Trinajstić information content (AvgIpc) is 2.90. The lowest BCUT2D eigenvalue weighted by Gasteiger charge is -2.28. The Labute approximate surface area is 106 Å². The molecule has 1 N–H and O–H groups in total. The summed E-state index contributed by atoms with van der Waals surface area (Å²) in [5, 5.41) is 3.71. The lowest BCUT2D eigenvalue weighted by atomic mass is 9.94. The molecule has 2 aliphatic rings. The van der Waals surface area contributed by atoms with Crippen molar-refractivity contribution in [2.24, 2.45) is 5.92 Å². The maximum atomic E-state index is 3.71. The van der Waals surface area contributed by atoms with Gasteiger partial charge in [-0.2, -0.15) is 0 Å². The van der Waals surface area contributed by atoms with Crippen molar-refractivity contribution in [3.8, 4) is 0 Å². The second kappa shape index (κ2) is 7.17. The Hall–Kier alpha value is -0.340. The van der Waals surface area contributed by atoms with Crippen LogP contribution in [-0.2, 0) is 0 Å². The molecule has 2 rings (SSSR count). The minimum Gasteiger partial charge on any atom is -0.315 e. The van der Waals surface area contributed by atoms with Crippen LogP contribution >= 0.6 is 0 Å². The minimum absolute atomic E-state index is 0.775. The summed E-state index contributed by atoms with van der Waals surface area (Å²) < 4.78 is 0. The summed E-state index contributed by atoms with van der Waals surface area (Å²) in [6.45, 7) is 7.39. The van der Waals surface area contributed by atoms with Gasteiger partial charge in [0.1, 0.15) is 0 Å². The molecule has 1 fully saturated rings. The molecular weight excluding hydrogens is 208 g/mol. The summed E-state index contributed by atoms with van der Waals surface area (Å²) in [5.74, 6) is 0.885. The molecule has 0 saturated carbocycles. The lowest BCUT2D eigenvalue weighted by molar-refractivity contribution is 0.226. The van der Waals surface area contributed by atoms with E-state index in [1.54, 1.807) is 0 Å². The van der Waals surface area contributed by atoms with Crippen molar-refractivity contribution in [1.82, 2.24) is 10.2 Å². The third-order valence-corrected chi connectivity index (χ3v) is 4.32. The van der Waals surface area contributed by atoms with Gasteiger partial charge in [0, 0.05) is 12.6 Å². The fourth-order valence-corrected chi connectivity index (χ4v) is 3.13. The van der Waals surface area contributed by atoms with Crippen LogP contribution < -0.4 is 5.32 Å². The molecule has 2 nitrogen and oxygen atoms in total. The second-order valence-electron chi connectivity index (χ2n) is 5.61. The number of likely N-dealkylation sites (tertiary alicyclic amines) is 1. The predicted molar refractivity (Wildman–Crippen MR) is 74.2 cm³/mol. The zero-order valence-corrected chi connectivity index (χ0v) is 11.3. The molecule has 1 heterocycles. The van der Waals surface area contributed by atoms with Gasteiger partial charge in [0.2, 0.25) is 0 Å². The third-order valence-electron chi connectivity index (χ3n) is 4.32. The minimum atomic E-state index is 0.775. The predicted octanol–water partition coefficient (Wildman–Crippen LogP) is 2.81. The van der Waals surface area contributed by atoms with E-state index in [9.17, 15) is 0 Å². The van der Waals surface area contributed by atoms with E-state index in [0.717, 1.165) is 12.0 Å². The highest BCUT2D eigenvalue weighted by Crippen LogP contribution is 2.17. The van der Waals surface area contributed by atoms with Crippen LogP contribution in [0.15, 0.2) is 12.2 Å². The molecule has 0 radical (unpaired) electrons. The molecule has 1 saturated heterocycles. The van der Waals surface area contributed by atoms with Gasteiger partial charge in [-0.1, -0.05) is 19.1 Å². The van der Waals surface area contributed by atoms with Crippen LogP contribution in [0.3, 0.4) is 0 Å². The monoisotopic (exact) mass is 236 g/mol. The van der Waals surface area contributed by atoms with Gasteiger partial charge in [-0.05, 0) is 64.1 Å². The summed E-state index contributed by atoms with van der Waals surface area (Å²) in [6.07, 6.45) is 12.7. The molecule has 2 atom stereocenters. The van der Waals surface area contributed by atoms with Gasteiger partial charge >= 0.3 is 0 Å². The van der Waals surface area contributed by atoms with E-state index in [4.69, 9.17) is 0 Å². The SMILES string of the molecule is CCC(CNCC1CC=CCC1)N1CCCC1. The normalized spacial score (nSPS) is 27.5. The third kappa shape index (κ3) is 4.11. The van der Waals surface area contributed by atoms with Crippen molar-refractivity contribution in [3.05, 3.63) is 12.2 Å². The van der Waals surface area contributed by atoms with Gasteiger partial charge in [-0.25, -0.2) is 0 Å². The zero-order valence-electron chi connectivity index (χ0n) is 11.3. The van der Waals surface area contributed by atoms with E-state index in [0.29, 0.717) is 0 Å². The molecule has 2 unspecified atom stereocenters. The topological polar surface area (TPSA) is 15.3 Å². The first-order valence-corrected chi connectivity index (χ1v) is 7.50. The van der Waals surface area contributed by atoms with Crippen LogP contribution in [-0.4, -0.2) is 37.1 Å². The van der Waals surface area contributed by atoms with Crippen LogP contribution in [0, 0.1) is 5.92 Å². The van der Waals surface area contributed by atoms with E-state index in [-0.39, 0.29) is 0 Å². The Morgan fingerprint density at radius 1 is 1.29 bits per heavy atom. The molecule has 1 aliphatic carbocycles. The Morgan fingerprint density at radius 3 is 2.76 bits per heavy atom. The molecule has 0 aromatic heterocycles. The van der Waals surface area contributed by atoms with Gasteiger partial charge in [0.25, 0.3) is 0 Å². The summed E-state index contributed by atoms with van der Waals surface area (Å²) in [7, 11) is 0. The molecule has 0 spiro atoms. The largest absolute Gasteiger partial charge is 0.315 e. The highest BCUT2D eigenvalue weighted by Gasteiger charge is 2.20. The maximum Gasteiger partial charge on any atom is 0.0218 e. The molecule has 2 heteroatoms. The Bertz CT molecular complexity index is 231. The fourth-order valence-electron chi connectivity index (χ4n) is 3.13. The summed E-state index contributed by atoms with van der Waals surface area (Å²) >= 11 is 0. The quantitative estimate of drug-likeness (QED) is 0.713. The number of allylic oxidation sites excluding steroid dienone is 2. The van der Waals surface area contributed by atoms with E-state index in [2.05, 4.69) is 29.3 Å². The second-order valence-corrected chi connectivity index (χ2v) is 5.61. The molecule has 98 valence electrons. The van der Waals surface area contributed by atoms with E-state index in [1.165, 1.54) is 64.7 Å². The van der Waals surface area contributed by atoms with Crippen molar-refractivity contribution in [2.75, 3.05) is 26.2 Å². The van der Waals surface area contributed by atoms with Crippen LogP contribution in [0.4, 0.5) is 0 Å². The van der Waals surface area contributed by atoms with Crippen molar-refractivity contribution in [1.29, 1.82) is 0 Å². The molecule has 17 heavy (non-hydrogen) atoms. The van der Waals surface area contributed by atoms with Gasteiger partial charge in [0.05, 0.1) is 0 Å². The van der Waals surface area contributed by atoms with Crippen LogP contribution in [0.2, 0.25) is 0 Å². The van der Waals surface area contributed by atoms with Gasteiger partial charge < -0.3 is 5.32 Å². The first-order chi connectivity index (χ1) is 8.40. The van der Waals surface area contributed by atoms with Gasteiger partial charge in [-0.3, -0.25) is 4.90 Å². The number of nitrogens with one attached hydrogen (secondary N) is 1. The van der Waals surface area contributed by atoms with E-state index >= 15 is 0 Å². The zero-order chi connectivity index (χ0) is 11.9. The van der Waals surface area contributed by atoms with Crippen molar-refractivity contribution >= 4 is 0 Å². The lowest BCUT2D eigenvalue weighted by Crippen LogP contribution is -2.41. The smallest absolute Gasteiger partial charge is 0.0218 e. The standard InChI is InChI=1S/C15H28N2/c1-2-15(17-10-6-7-11-17)13-16-12-14-8-4-3-5-9-14/h3-4,14-16H,2,5-13H2,1H3. The van der Waals surface area contributed by atoms with Crippen LogP contribution in [0.25, 0.3) is 0 Å². The summed E-state index contributed by atoms with van der Waals surface area (Å²) in [5.41, 5.74) is 0. The molecular formula is C15H28N2. The Kier molecular flexibility index (Phi) is 5.53. The summed E-state index contributed by atoms with van der Waals surface area (Å²) in [4.78, 5) is 2.67. The van der Waals surface area contributed by atoms with Gasteiger partial charge in [0.15, 0.2) is 0 Å². The van der Waals surface area contributed by atoms with Crippen molar-refractivity contribution in [3.63, 3.8) is 0 Å². The molecule has 0 aromatic rings. The maximum absolute atomic E-state index is 3.71. The fraction of sp³-hybridized carbons (Fsp3) is 0.867. The Morgan fingerprint density at radius 2 is 2.12 bits per heavy atom. The highest BCUT2D eigenvalue weighted by atomic mass is 15.2. The number of nitrogens with zero attached hydrogens (tertiary/aromatic N) is 1. The summed E-state index contributed by atoms with van der Waals surface area (Å²) in [6, 6.07) is 0.775. The van der Waals surface area contributed by atoms with Crippen molar-refractivity contribution < 1.29 is 0 Å². The molecule has 0 amide bonds. The Balaban J connectivity index is 1.63. The van der Waals surface area contributed by atoms with Crippen LogP contribution in [0.1, 0.15) is 45.4 Å². The number of hydrogen-bond donors (Lipinski definition) is 1. The van der Waals surface area contributed by atoms with Crippen molar-refractivity contribution in [2.45, 2.75) is 51.5 Å². The first kappa shape index (κ1) is 13.1. The number of hydrogen-bond acceptors (Lipinski definition) is 2. The molecule has 0 bridgehead atoms. The number of rotatable bonds is 6. The average molecular weight is 236 g/mol.